The molecular weight excluding hydrogens is 264 g/mol. The van der Waals surface area contributed by atoms with E-state index in [1.165, 1.54) is 0 Å². The number of aromatic nitrogens is 1. The highest BCUT2D eigenvalue weighted by Crippen LogP contribution is 2.18. The second-order valence-electron chi connectivity index (χ2n) is 5.28. The Morgan fingerprint density at radius 3 is 2.57 bits per heavy atom. The summed E-state index contributed by atoms with van der Waals surface area (Å²) in [6, 6.07) is 9.83. The van der Waals surface area contributed by atoms with Gasteiger partial charge in [-0.25, -0.2) is 4.98 Å². The fourth-order valence-corrected chi connectivity index (χ4v) is 2.45. The molecule has 2 aromatic rings. The van der Waals surface area contributed by atoms with Crippen LogP contribution >= 0.6 is 0 Å². The third-order valence-electron chi connectivity index (χ3n) is 3.82. The van der Waals surface area contributed by atoms with E-state index in [9.17, 15) is 5.11 Å². The minimum atomic E-state index is -0.305. The number of rotatable bonds is 8. The van der Waals surface area contributed by atoms with E-state index in [1.807, 2.05) is 30.3 Å². The summed E-state index contributed by atoms with van der Waals surface area (Å²) in [7, 11) is 0. The molecule has 1 heterocycles. The summed E-state index contributed by atoms with van der Waals surface area (Å²) >= 11 is 0. The first-order valence-corrected chi connectivity index (χ1v) is 7.63. The van der Waals surface area contributed by atoms with Gasteiger partial charge in [-0.1, -0.05) is 44.9 Å². The van der Waals surface area contributed by atoms with E-state index in [4.69, 9.17) is 4.42 Å². The first-order chi connectivity index (χ1) is 10.2. The van der Waals surface area contributed by atoms with Gasteiger partial charge < -0.3 is 14.8 Å². The Kier molecular flexibility index (Phi) is 5.96. The lowest BCUT2D eigenvalue weighted by molar-refractivity contribution is 0.101. The van der Waals surface area contributed by atoms with Gasteiger partial charge in [0.2, 0.25) is 5.89 Å². The van der Waals surface area contributed by atoms with Gasteiger partial charge in [-0.05, 0) is 18.1 Å². The average Bonchev–Trinajstić information content (AvgIpc) is 2.98. The molecule has 0 amide bonds. The molecular formula is C17H24N2O2. The molecule has 0 fully saturated rings. The zero-order valence-electron chi connectivity index (χ0n) is 12.7. The van der Waals surface area contributed by atoms with E-state index in [1.54, 1.807) is 6.26 Å². The van der Waals surface area contributed by atoms with E-state index < -0.39 is 0 Å². The maximum atomic E-state index is 10.1. The fraction of sp³-hybridized carbons (Fsp3) is 0.471. The Bertz CT molecular complexity index is 521. The van der Waals surface area contributed by atoms with Crippen molar-refractivity contribution >= 4 is 0 Å². The van der Waals surface area contributed by atoms with Crippen molar-refractivity contribution in [2.75, 3.05) is 6.54 Å². The van der Waals surface area contributed by atoms with Crippen LogP contribution in [0.15, 0.2) is 41.0 Å². The zero-order chi connectivity index (χ0) is 15.1. The normalized spacial score (nSPS) is 12.8. The molecule has 0 bridgehead atoms. The molecule has 4 heteroatoms. The van der Waals surface area contributed by atoms with Crippen molar-refractivity contribution in [2.45, 2.75) is 39.3 Å². The number of hydrogen-bond donors (Lipinski definition) is 2. The molecule has 0 aliphatic rings. The van der Waals surface area contributed by atoms with E-state index in [0.29, 0.717) is 24.9 Å². The van der Waals surface area contributed by atoms with Crippen LogP contribution in [0.3, 0.4) is 0 Å². The van der Waals surface area contributed by atoms with Crippen LogP contribution in [-0.4, -0.2) is 22.7 Å². The highest BCUT2D eigenvalue weighted by atomic mass is 16.3. The third kappa shape index (κ3) is 4.41. The number of nitrogens with one attached hydrogen (secondary N) is 1. The van der Waals surface area contributed by atoms with Crippen molar-refractivity contribution in [3.8, 4) is 11.5 Å². The number of aliphatic hydroxyl groups is 1. The number of nitrogens with zero attached hydrogens (tertiary/aromatic N) is 1. The molecule has 1 aromatic heterocycles. The molecule has 0 saturated heterocycles. The molecule has 21 heavy (non-hydrogen) atoms. The Hall–Kier alpha value is -1.65. The van der Waals surface area contributed by atoms with Crippen LogP contribution in [0, 0.1) is 5.92 Å². The van der Waals surface area contributed by atoms with Crippen molar-refractivity contribution < 1.29 is 9.52 Å². The van der Waals surface area contributed by atoms with Gasteiger partial charge in [-0.3, -0.25) is 0 Å². The summed E-state index contributed by atoms with van der Waals surface area (Å²) in [5.74, 6) is 0.989. The lowest BCUT2D eigenvalue weighted by atomic mass is 9.96. The standard InChI is InChI=1S/C17H24N2O2/c1-3-13(4-2)16(20)11-18-10-15-12-21-17(19-15)14-8-6-5-7-9-14/h5-9,12-13,16,18,20H,3-4,10-11H2,1-2H3. The van der Waals surface area contributed by atoms with Crippen LogP contribution in [0.4, 0.5) is 0 Å². The van der Waals surface area contributed by atoms with Gasteiger partial charge in [0.25, 0.3) is 0 Å². The number of benzene rings is 1. The van der Waals surface area contributed by atoms with Gasteiger partial charge in [-0.2, -0.15) is 0 Å². The lowest BCUT2D eigenvalue weighted by Gasteiger charge is -2.20. The van der Waals surface area contributed by atoms with Crippen molar-refractivity contribution in [1.82, 2.24) is 10.3 Å². The zero-order valence-corrected chi connectivity index (χ0v) is 12.7. The van der Waals surface area contributed by atoms with Crippen molar-refractivity contribution in [3.63, 3.8) is 0 Å². The molecule has 1 aromatic carbocycles. The highest BCUT2D eigenvalue weighted by molar-refractivity contribution is 5.52. The maximum absolute atomic E-state index is 10.1. The van der Waals surface area contributed by atoms with Crippen LogP contribution in [0.2, 0.25) is 0 Å². The largest absolute Gasteiger partial charge is 0.444 e. The number of oxazole rings is 1. The van der Waals surface area contributed by atoms with Gasteiger partial charge in [0.15, 0.2) is 0 Å². The SMILES string of the molecule is CCC(CC)C(O)CNCc1coc(-c2ccccc2)n1. The molecule has 1 atom stereocenters. The van der Waals surface area contributed by atoms with E-state index in [2.05, 4.69) is 24.1 Å². The second kappa shape index (κ2) is 7.96. The molecule has 0 aliphatic carbocycles. The van der Waals surface area contributed by atoms with E-state index >= 15 is 0 Å². The minimum absolute atomic E-state index is 0.305. The third-order valence-corrected chi connectivity index (χ3v) is 3.82. The Balaban J connectivity index is 1.84. The van der Waals surface area contributed by atoms with Crippen molar-refractivity contribution in [3.05, 3.63) is 42.3 Å². The summed E-state index contributed by atoms with van der Waals surface area (Å²) in [5, 5.41) is 13.3. The van der Waals surface area contributed by atoms with Crippen LogP contribution in [0.25, 0.3) is 11.5 Å². The Morgan fingerprint density at radius 2 is 1.90 bits per heavy atom. The molecule has 114 valence electrons. The molecule has 1 unspecified atom stereocenters. The van der Waals surface area contributed by atoms with Crippen molar-refractivity contribution in [2.24, 2.45) is 5.92 Å². The first kappa shape index (κ1) is 15.7. The van der Waals surface area contributed by atoms with Crippen LogP contribution in [0.5, 0.6) is 0 Å². The van der Waals surface area contributed by atoms with Crippen molar-refractivity contribution in [1.29, 1.82) is 0 Å². The summed E-state index contributed by atoms with van der Waals surface area (Å²) in [6.07, 6.45) is 3.36. The van der Waals surface area contributed by atoms with E-state index in [0.717, 1.165) is 24.1 Å². The van der Waals surface area contributed by atoms with Gasteiger partial charge in [-0.15, -0.1) is 0 Å². The predicted octanol–water partition coefficient (Wildman–Crippen LogP) is 3.23. The van der Waals surface area contributed by atoms with Gasteiger partial charge in [0.1, 0.15) is 6.26 Å². The van der Waals surface area contributed by atoms with Gasteiger partial charge in [0.05, 0.1) is 11.8 Å². The molecule has 4 nitrogen and oxygen atoms in total. The predicted molar refractivity (Wildman–Crippen MR) is 83.7 cm³/mol. The smallest absolute Gasteiger partial charge is 0.226 e. The quantitative estimate of drug-likeness (QED) is 0.783. The van der Waals surface area contributed by atoms with Crippen LogP contribution in [-0.2, 0) is 6.54 Å². The van der Waals surface area contributed by atoms with E-state index in [-0.39, 0.29) is 6.10 Å². The number of aliphatic hydroxyl groups excluding tert-OH is 1. The summed E-state index contributed by atoms with van der Waals surface area (Å²) in [6.45, 7) is 5.41. The van der Waals surface area contributed by atoms with Gasteiger partial charge >= 0.3 is 0 Å². The number of hydrogen-bond acceptors (Lipinski definition) is 4. The first-order valence-electron chi connectivity index (χ1n) is 7.63. The lowest BCUT2D eigenvalue weighted by Crippen LogP contribution is -2.32. The second-order valence-corrected chi connectivity index (χ2v) is 5.28. The van der Waals surface area contributed by atoms with Crippen LogP contribution in [0.1, 0.15) is 32.4 Å². The summed E-state index contributed by atoms with van der Waals surface area (Å²) in [4.78, 5) is 4.45. The molecule has 0 aliphatic heterocycles. The molecule has 0 saturated carbocycles. The highest BCUT2D eigenvalue weighted by Gasteiger charge is 2.15. The average molecular weight is 288 g/mol. The Labute approximate surface area is 126 Å². The minimum Gasteiger partial charge on any atom is -0.444 e. The fourth-order valence-electron chi connectivity index (χ4n) is 2.45. The van der Waals surface area contributed by atoms with Gasteiger partial charge in [0, 0.05) is 18.7 Å². The molecule has 0 radical (unpaired) electrons. The molecule has 2 N–H and O–H groups in total. The monoisotopic (exact) mass is 288 g/mol. The molecule has 2 rings (SSSR count). The maximum Gasteiger partial charge on any atom is 0.226 e. The Morgan fingerprint density at radius 1 is 1.19 bits per heavy atom. The molecule has 0 spiro atoms. The topological polar surface area (TPSA) is 58.3 Å². The van der Waals surface area contributed by atoms with Crippen LogP contribution < -0.4 is 5.32 Å². The summed E-state index contributed by atoms with van der Waals surface area (Å²) < 4.78 is 5.48. The summed E-state index contributed by atoms with van der Waals surface area (Å²) in [5.41, 5.74) is 1.83.